The standard InChI is InChI=1S/C16H23BrN2O2/c1-12-9-13(6-7-15(12)17)18-16(21)10-19-8-4-2-3-5-14(19)11-20/h6-7,9,14,20H,2-5,8,10-11H2,1H3,(H,18,21). The molecule has 21 heavy (non-hydrogen) atoms. The molecule has 0 aromatic heterocycles. The van der Waals surface area contributed by atoms with Crippen LogP contribution in [0.1, 0.15) is 31.2 Å². The lowest BCUT2D eigenvalue weighted by Crippen LogP contribution is -2.42. The minimum atomic E-state index is -0.0166. The summed E-state index contributed by atoms with van der Waals surface area (Å²) in [6, 6.07) is 5.90. The predicted molar refractivity (Wildman–Crippen MR) is 88.4 cm³/mol. The normalized spacial score (nSPS) is 20.0. The van der Waals surface area contributed by atoms with Crippen LogP contribution in [0, 0.1) is 6.92 Å². The fraction of sp³-hybridized carbons (Fsp3) is 0.562. The van der Waals surface area contributed by atoms with E-state index in [2.05, 4.69) is 26.1 Å². The number of rotatable bonds is 4. The molecule has 1 unspecified atom stereocenters. The SMILES string of the molecule is Cc1cc(NC(=O)CN2CCCCCC2CO)ccc1Br. The Balaban J connectivity index is 1.94. The second-order valence-electron chi connectivity index (χ2n) is 5.67. The third-order valence-electron chi connectivity index (χ3n) is 4.00. The van der Waals surface area contributed by atoms with Gasteiger partial charge >= 0.3 is 0 Å². The van der Waals surface area contributed by atoms with Gasteiger partial charge in [0.2, 0.25) is 5.91 Å². The molecular weight excluding hydrogens is 332 g/mol. The average molecular weight is 355 g/mol. The van der Waals surface area contributed by atoms with Crippen molar-refractivity contribution in [3.63, 3.8) is 0 Å². The van der Waals surface area contributed by atoms with Gasteiger partial charge < -0.3 is 10.4 Å². The van der Waals surface area contributed by atoms with E-state index >= 15 is 0 Å². The molecular formula is C16H23BrN2O2. The van der Waals surface area contributed by atoms with E-state index in [4.69, 9.17) is 0 Å². The van der Waals surface area contributed by atoms with E-state index in [1.165, 1.54) is 6.42 Å². The van der Waals surface area contributed by atoms with Gasteiger partial charge in [-0.15, -0.1) is 0 Å². The van der Waals surface area contributed by atoms with Crippen molar-refractivity contribution in [1.29, 1.82) is 0 Å². The van der Waals surface area contributed by atoms with Crippen LogP contribution >= 0.6 is 15.9 Å². The molecule has 2 N–H and O–H groups in total. The highest BCUT2D eigenvalue weighted by Gasteiger charge is 2.22. The van der Waals surface area contributed by atoms with Crippen LogP contribution in [0.4, 0.5) is 5.69 Å². The van der Waals surface area contributed by atoms with Gasteiger partial charge in [-0.25, -0.2) is 0 Å². The molecule has 1 saturated heterocycles. The van der Waals surface area contributed by atoms with Crippen LogP contribution < -0.4 is 5.32 Å². The first-order valence-corrected chi connectivity index (χ1v) is 8.30. The third-order valence-corrected chi connectivity index (χ3v) is 4.89. The first kappa shape index (κ1) is 16.5. The number of hydrogen-bond acceptors (Lipinski definition) is 3. The predicted octanol–water partition coefficient (Wildman–Crippen LogP) is 2.93. The molecule has 0 bridgehead atoms. The Morgan fingerprint density at radius 2 is 2.24 bits per heavy atom. The quantitative estimate of drug-likeness (QED) is 0.873. The maximum absolute atomic E-state index is 12.2. The van der Waals surface area contributed by atoms with Crippen molar-refractivity contribution >= 4 is 27.5 Å². The second kappa shape index (κ2) is 7.92. The van der Waals surface area contributed by atoms with Gasteiger partial charge in [0.15, 0.2) is 0 Å². The van der Waals surface area contributed by atoms with Crippen LogP contribution in [-0.2, 0) is 4.79 Å². The largest absolute Gasteiger partial charge is 0.395 e. The van der Waals surface area contributed by atoms with Crippen LogP contribution in [-0.4, -0.2) is 41.7 Å². The molecule has 1 amide bonds. The van der Waals surface area contributed by atoms with Crippen molar-refractivity contribution in [1.82, 2.24) is 4.90 Å². The minimum Gasteiger partial charge on any atom is -0.395 e. The van der Waals surface area contributed by atoms with Crippen molar-refractivity contribution in [3.05, 3.63) is 28.2 Å². The van der Waals surface area contributed by atoms with E-state index in [0.717, 1.165) is 41.5 Å². The van der Waals surface area contributed by atoms with E-state index in [0.29, 0.717) is 6.54 Å². The Labute approximate surface area is 134 Å². The third kappa shape index (κ3) is 4.80. The fourth-order valence-electron chi connectivity index (χ4n) is 2.76. The van der Waals surface area contributed by atoms with Gasteiger partial charge in [0.1, 0.15) is 0 Å². The van der Waals surface area contributed by atoms with Crippen LogP contribution in [0.15, 0.2) is 22.7 Å². The van der Waals surface area contributed by atoms with Gasteiger partial charge in [-0.3, -0.25) is 9.69 Å². The Hall–Kier alpha value is -0.910. The van der Waals surface area contributed by atoms with E-state index in [-0.39, 0.29) is 18.6 Å². The number of halogens is 1. The molecule has 1 aromatic rings. The number of benzene rings is 1. The van der Waals surface area contributed by atoms with Crippen LogP contribution in [0.2, 0.25) is 0 Å². The number of aliphatic hydroxyl groups excluding tert-OH is 1. The van der Waals surface area contributed by atoms with Crippen molar-refractivity contribution in [2.75, 3.05) is 25.0 Å². The van der Waals surface area contributed by atoms with Crippen molar-refractivity contribution in [2.24, 2.45) is 0 Å². The molecule has 4 nitrogen and oxygen atoms in total. The number of anilines is 1. The maximum atomic E-state index is 12.2. The van der Waals surface area contributed by atoms with Crippen LogP contribution in [0.3, 0.4) is 0 Å². The Bertz CT molecular complexity index is 493. The summed E-state index contributed by atoms with van der Waals surface area (Å²) >= 11 is 3.45. The zero-order valence-electron chi connectivity index (χ0n) is 12.4. The molecule has 116 valence electrons. The lowest BCUT2D eigenvalue weighted by molar-refractivity contribution is -0.118. The number of nitrogens with zero attached hydrogens (tertiary/aromatic N) is 1. The molecule has 2 rings (SSSR count). The molecule has 0 spiro atoms. The molecule has 0 aliphatic carbocycles. The average Bonchev–Trinajstić information content (AvgIpc) is 2.68. The molecule has 1 atom stereocenters. The summed E-state index contributed by atoms with van der Waals surface area (Å²) in [5.41, 5.74) is 1.91. The number of carbonyl (C=O) groups excluding carboxylic acids is 1. The Kier molecular flexibility index (Phi) is 6.21. The Morgan fingerprint density at radius 3 is 2.95 bits per heavy atom. The molecule has 1 aromatic carbocycles. The number of hydrogen-bond donors (Lipinski definition) is 2. The topological polar surface area (TPSA) is 52.6 Å². The zero-order valence-corrected chi connectivity index (χ0v) is 14.0. The number of carbonyl (C=O) groups is 1. The highest BCUT2D eigenvalue weighted by molar-refractivity contribution is 9.10. The highest BCUT2D eigenvalue weighted by Crippen LogP contribution is 2.20. The molecule has 1 aliphatic rings. The number of aliphatic hydroxyl groups is 1. The number of likely N-dealkylation sites (tertiary alicyclic amines) is 1. The number of aryl methyl sites for hydroxylation is 1. The van der Waals surface area contributed by atoms with Gasteiger partial charge in [0, 0.05) is 16.2 Å². The first-order valence-electron chi connectivity index (χ1n) is 7.51. The summed E-state index contributed by atoms with van der Waals surface area (Å²) in [4.78, 5) is 14.3. The van der Waals surface area contributed by atoms with Crippen molar-refractivity contribution in [2.45, 2.75) is 38.6 Å². The summed E-state index contributed by atoms with van der Waals surface area (Å²) < 4.78 is 1.04. The van der Waals surface area contributed by atoms with E-state index in [1.807, 2.05) is 25.1 Å². The fourth-order valence-corrected chi connectivity index (χ4v) is 3.01. The minimum absolute atomic E-state index is 0.0166. The monoisotopic (exact) mass is 354 g/mol. The van der Waals surface area contributed by atoms with Gasteiger partial charge in [0.25, 0.3) is 0 Å². The summed E-state index contributed by atoms with van der Waals surface area (Å²) in [5.74, 6) is -0.0166. The molecule has 1 fully saturated rings. The van der Waals surface area contributed by atoms with Gasteiger partial charge in [-0.1, -0.05) is 28.8 Å². The zero-order chi connectivity index (χ0) is 15.2. The van der Waals surface area contributed by atoms with Crippen molar-refractivity contribution in [3.8, 4) is 0 Å². The molecule has 0 radical (unpaired) electrons. The number of nitrogens with one attached hydrogen (secondary N) is 1. The van der Waals surface area contributed by atoms with Crippen molar-refractivity contribution < 1.29 is 9.90 Å². The van der Waals surface area contributed by atoms with Gasteiger partial charge in [-0.2, -0.15) is 0 Å². The molecule has 1 aliphatic heterocycles. The smallest absolute Gasteiger partial charge is 0.238 e. The lowest BCUT2D eigenvalue weighted by atomic mass is 10.1. The van der Waals surface area contributed by atoms with E-state index in [1.54, 1.807) is 0 Å². The van der Waals surface area contributed by atoms with Crippen LogP contribution in [0.5, 0.6) is 0 Å². The van der Waals surface area contributed by atoms with E-state index < -0.39 is 0 Å². The summed E-state index contributed by atoms with van der Waals surface area (Å²) in [6.07, 6.45) is 4.39. The van der Waals surface area contributed by atoms with Gasteiger partial charge in [-0.05, 0) is 50.1 Å². The Morgan fingerprint density at radius 1 is 1.43 bits per heavy atom. The van der Waals surface area contributed by atoms with E-state index in [9.17, 15) is 9.90 Å². The lowest BCUT2D eigenvalue weighted by Gasteiger charge is -2.27. The molecule has 5 heteroatoms. The molecule has 0 saturated carbocycles. The van der Waals surface area contributed by atoms with Gasteiger partial charge in [0.05, 0.1) is 13.2 Å². The first-order chi connectivity index (χ1) is 10.1. The maximum Gasteiger partial charge on any atom is 0.238 e. The number of amides is 1. The molecule has 1 heterocycles. The second-order valence-corrected chi connectivity index (χ2v) is 6.52. The summed E-state index contributed by atoms with van der Waals surface area (Å²) in [6.45, 7) is 3.36. The van der Waals surface area contributed by atoms with Crippen LogP contribution in [0.25, 0.3) is 0 Å². The highest BCUT2D eigenvalue weighted by atomic mass is 79.9. The summed E-state index contributed by atoms with van der Waals surface area (Å²) in [7, 11) is 0. The summed E-state index contributed by atoms with van der Waals surface area (Å²) in [5, 5.41) is 12.4.